The molecule has 1 aromatic rings. The van der Waals surface area contributed by atoms with Crippen LogP contribution in [0.25, 0.3) is 0 Å². The molecule has 1 fully saturated rings. The van der Waals surface area contributed by atoms with Crippen LogP contribution in [0.2, 0.25) is 0 Å². The van der Waals surface area contributed by atoms with Gasteiger partial charge >= 0.3 is 0 Å². The van der Waals surface area contributed by atoms with Crippen molar-refractivity contribution in [1.29, 1.82) is 0 Å². The largest absolute Gasteiger partial charge is 0.388 e. The van der Waals surface area contributed by atoms with E-state index in [-0.39, 0.29) is 6.61 Å². The van der Waals surface area contributed by atoms with E-state index in [1.807, 2.05) is 12.4 Å². The van der Waals surface area contributed by atoms with Crippen LogP contribution in [0.4, 0.5) is 0 Å². The van der Waals surface area contributed by atoms with Crippen LogP contribution < -0.4 is 0 Å². The second-order valence-corrected chi connectivity index (χ2v) is 3.31. The van der Waals surface area contributed by atoms with Gasteiger partial charge in [-0.1, -0.05) is 0 Å². The van der Waals surface area contributed by atoms with E-state index in [2.05, 4.69) is 9.97 Å². The average molecular weight is 164 g/mol. The summed E-state index contributed by atoms with van der Waals surface area (Å²) in [6.07, 6.45) is 7.43. The number of nitrogens with zero attached hydrogens (tertiary/aromatic N) is 2. The van der Waals surface area contributed by atoms with Crippen LogP contribution in [-0.2, 0) is 13.0 Å². The highest BCUT2D eigenvalue weighted by Crippen LogP contribution is 2.32. The van der Waals surface area contributed by atoms with E-state index < -0.39 is 0 Å². The van der Waals surface area contributed by atoms with Crippen molar-refractivity contribution in [2.75, 3.05) is 0 Å². The molecule has 0 unspecified atom stereocenters. The molecule has 0 bridgehead atoms. The van der Waals surface area contributed by atoms with Gasteiger partial charge in [0.1, 0.15) is 6.61 Å². The molecule has 0 saturated heterocycles. The quantitative estimate of drug-likeness (QED) is 0.722. The van der Waals surface area contributed by atoms with E-state index in [9.17, 15) is 0 Å². The molecule has 1 saturated carbocycles. The third kappa shape index (κ3) is 1.80. The van der Waals surface area contributed by atoms with Gasteiger partial charge in [-0.25, -0.2) is 9.97 Å². The molecule has 0 aliphatic heterocycles. The summed E-state index contributed by atoms with van der Waals surface area (Å²) < 4.78 is 0. The van der Waals surface area contributed by atoms with E-state index in [1.54, 1.807) is 0 Å². The third-order valence-electron chi connectivity index (χ3n) is 2.12. The summed E-state index contributed by atoms with van der Waals surface area (Å²) in [6.45, 7) is -0.0658. The SMILES string of the molecule is OCc1ncc(CC2CC2)cn1. The zero-order chi connectivity index (χ0) is 8.39. The van der Waals surface area contributed by atoms with Gasteiger partial charge in [0.25, 0.3) is 0 Å². The Kier molecular flexibility index (Phi) is 2.04. The van der Waals surface area contributed by atoms with Gasteiger partial charge < -0.3 is 5.11 Å². The first kappa shape index (κ1) is 7.68. The summed E-state index contributed by atoms with van der Waals surface area (Å²) >= 11 is 0. The Hall–Kier alpha value is -0.960. The maximum atomic E-state index is 8.70. The summed E-state index contributed by atoms with van der Waals surface area (Å²) in [7, 11) is 0. The van der Waals surface area contributed by atoms with Crippen molar-refractivity contribution in [2.45, 2.75) is 25.9 Å². The zero-order valence-corrected chi connectivity index (χ0v) is 6.90. The van der Waals surface area contributed by atoms with Crippen LogP contribution in [0.3, 0.4) is 0 Å². The van der Waals surface area contributed by atoms with Crippen molar-refractivity contribution in [3.63, 3.8) is 0 Å². The Morgan fingerprint density at radius 1 is 1.33 bits per heavy atom. The first-order valence-corrected chi connectivity index (χ1v) is 4.29. The first-order chi connectivity index (χ1) is 5.88. The van der Waals surface area contributed by atoms with Crippen molar-refractivity contribution in [1.82, 2.24) is 9.97 Å². The molecule has 0 aromatic carbocycles. The van der Waals surface area contributed by atoms with Crippen LogP contribution in [0.5, 0.6) is 0 Å². The lowest BCUT2D eigenvalue weighted by molar-refractivity contribution is 0.271. The predicted octanol–water partition coefficient (Wildman–Crippen LogP) is 0.921. The molecule has 0 amide bonds. The van der Waals surface area contributed by atoms with Gasteiger partial charge in [0.2, 0.25) is 0 Å². The monoisotopic (exact) mass is 164 g/mol. The van der Waals surface area contributed by atoms with Crippen LogP contribution in [0, 0.1) is 5.92 Å². The minimum atomic E-state index is -0.0658. The molecular formula is C9H12N2O. The fraction of sp³-hybridized carbons (Fsp3) is 0.556. The molecule has 0 atom stereocenters. The van der Waals surface area contributed by atoms with Gasteiger partial charge in [0.15, 0.2) is 5.82 Å². The minimum absolute atomic E-state index is 0.0658. The molecule has 1 aliphatic rings. The molecule has 1 N–H and O–H groups in total. The predicted molar refractivity (Wildman–Crippen MR) is 44.4 cm³/mol. The number of aliphatic hydroxyl groups is 1. The molecule has 1 aliphatic carbocycles. The summed E-state index contributed by atoms with van der Waals surface area (Å²) in [5.41, 5.74) is 1.19. The Morgan fingerprint density at radius 2 is 2.00 bits per heavy atom. The fourth-order valence-corrected chi connectivity index (χ4v) is 1.22. The summed E-state index contributed by atoms with van der Waals surface area (Å²) in [6, 6.07) is 0. The standard InChI is InChI=1S/C9H12N2O/c12-6-9-10-4-8(5-11-9)3-7-1-2-7/h4-5,7,12H,1-3,6H2. The van der Waals surface area contributed by atoms with Crippen molar-refractivity contribution in [3.05, 3.63) is 23.8 Å². The summed E-state index contributed by atoms with van der Waals surface area (Å²) in [5, 5.41) is 8.70. The van der Waals surface area contributed by atoms with Gasteiger partial charge in [0, 0.05) is 12.4 Å². The van der Waals surface area contributed by atoms with Gasteiger partial charge in [-0.3, -0.25) is 0 Å². The Balaban J connectivity index is 2.02. The maximum absolute atomic E-state index is 8.70. The van der Waals surface area contributed by atoms with Gasteiger partial charge in [-0.2, -0.15) is 0 Å². The molecule has 0 spiro atoms. The summed E-state index contributed by atoms with van der Waals surface area (Å²) in [4.78, 5) is 8.03. The molecule has 3 nitrogen and oxygen atoms in total. The van der Waals surface area contributed by atoms with Crippen LogP contribution in [-0.4, -0.2) is 15.1 Å². The summed E-state index contributed by atoms with van der Waals surface area (Å²) in [5.74, 6) is 1.38. The van der Waals surface area contributed by atoms with E-state index in [0.29, 0.717) is 5.82 Å². The normalized spacial score (nSPS) is 16.4. The molecule has 1 aromatic heterocycles. The van der Waals surface area contributed by atoms with Gasteiger partial charge in [-0.15, -0.1) is 0 Å². The van der Waals surface area contributed by atoms with Crippen LogP contribution in [0.1, 0.15) is 24.2 Å². The second-order valence-electron chi connectivity index (χ2n) is 3.31. The van der Waals surface area contributed by atoms with Crippen LogP contribution in [0.15, 0.2) is 12.4 Å². The Morgan fingerprint density at radius 3 is 2.50 bits per heavy atom. The number of rotatable bonds is 3. The van der Waals surface area contributed by atoms with Crippen molar-refractivity contribution in [3.8, 4) is 0 Å². The fourth-order valence-electron chi connectivity index (χ4n) is 1.22. The average Bonchev–Trinajstić information content (AvgIpc) is 2.90. The lowest BCUT2D eigenvalue weighted by Gasteiger charge is -1.98. The van der Waals surface area contributed by atoms with Crippen molar-refractivity contribution < 1.29 is 5.11 Å². The first-order valence-electron chi connectivity index (χ1n) is 4.29. The van der Waals surface area contributed by atoms with Crippen molar-refractivity contribution >= 4 is 0 Å². The molecule has 1 heterocycles. The van der Waals surface area contributed by atoms with Crippen molar-refractivity contribution in [2.24, 2.45) is 5.92 Å². The smallest absolute Gasteiger partial charge is 0.153 e. The highest BCUT2D eigenvalue weighted by molar-refractivity contribution is 5.07. The molecule has 64 valence electrons. The van der Waals surface area contributed by atoms with E-state index in [0.717, 1.165) is 12.3 Å². The number of aromatic nitrogens is 2. The topological polar surface area (TPSA) is 46.0 Å². The van der Waals surface area contributed by atoms with Crippen LogP contribution >= 0.6 is 0 Å². The molecule has 3 heteroatoms. The van der Waals surface area contributed by atoms with E-state index in [4.69, 9.17) is 5.11 Å². The van der Waals surface area contributed by atoms with Gasteiger partial charge in [0.05, 0.1) is 0 Å². The zero-order valence-electron chi connectivity index (χ0n) is 6.90. The molecule has 2 rings (SSSR count). The highest BCUT2D eigenvalue weighted by atomic mass is 16.3. The van der Waals surface area contributed by atoms with E-state index >= 15 is 0 Å². The number of aliphatic hydroxyl groups excluding tert-OH is 1. The molecular weight excluding hydrogens is 152 g/mol. The Labute approximate surface area is 71.5 Å². The maximum Gasteiger partial charge on any atom is 0.153 e. The molecule has 12 heavy (non-hydrogen) atoms. The number of hydrogen-bond acceptors (Lipinski definition) is 3. The Bertz CT molecular complexity index is 254. The second kappa shape index (κ2) is 3.19. The highest BCUT2D eigenvalue weighted by Gasteiger charge is 2.21. The lowest BCUT2D eigenvalue weighted by Crippen LogP contribution is -1.96. The molecule has 0 radical (unpaired) electrons. The van der Waals surface area contributed by atoms with Gasteiger partial charge in [-0.05, 0) is 30.7 Å². The minimum Gasteiger partial charge on any atom is -0.388 e. The lowest BCUT2D eigenvalue weighted by atomic mass is 10.2. The third-order valence-corrected chi connectivity index (χ3v) is 2.12. The number of hydrogen-bond donors (Lipinski definition) is 1. The van der Waals surface area contributed by atoms with E-state index in [1.165, 1.54) is 18.4 Å².